The Hall–Kier alpha value is -3.86. The van der Waals surface area contributed by atoms with E-state index in [4.69, 9.17) is 18.9 Å². The van der Waals surface area contributed by atoms with Gasteiger partial charge in [-0.15, -0.1) is 0 Å². The summed E-state index contributed by atoms with van der Waals surface area (Å²) in [6, 6.07) is 2.77. The second kappa shape index (κ2) is 7.25. The van der Waals surface area contributed by atoms with Crippen molar-refractivity contribution in [3.8, 4) is 23.0 Å². The van der Waals surface area contributed by atoms with Crippen molar-refractivity contribution in [2.24, 2.45) is 0 Å². The van der Waals surface area contributed by atoms with E-state index in [0.717, 1.165) is 0 Å². The summed E-state index contributed by atoms with van der Waals surface area (Å²) >= 11 is 0. The minimum absolute atomic E-state index is 0.0280. The molecule has 3 aliphatic carbocycles. The monoisotopic (exact) mass is 548 g/mol. The third-order valence-corrected chi connectivity index (χ3v) is 9.78. The number of fused-ring (bicyclic) bond motifs is 3. The lowest BCUT2D eigenvalue weighted by atomic mass is 9.55. The van der Waals surface area contributed by atoms with Crippen LogP contribution in [0.4, 0.5) is 0 Å². The minimum atomic E-state index is -1.78. The molecular weight excluding hydrogens is 520 g/mol. The topological polar surface area (TPSA) is 152 Å². The van der Waals surface area contributed by atoms with Crippen LogP contribution >= 0.6 is 0 Å². The second-order valence-corrected chi connectivity index (χ2v) is 11.5. The Morgan fingerprint density at radius 3 is 2.12 bits per heavy atom. The van der Waals surface area contributed by atoms with Gasteiger partial charge in [0.2, 0.25) is 5.43 Å². The van der Waals surface area contributed by atoms with E-state index in [2.05, 4.69) is 0 Å². The Kier molecular flexibility index (Phi) is 4.56. The number of hydrogen-bond acceptors (Lipinski definition) is 10. The molecule has 10 heteroatoms. The summed E-state index contributed by atoms with van der Waals surface area (Å²) in [4.78, 5) is 27.3. The first-order valence-electron chi connectivity index (χ1n) is 12.8. The van der Waals surface area contributed by atoms with Crippen molar-refractivity contribution in [2.45, 2.75) is 48.9 Å². The van der Waals surface area contributed by atoms with Crippen molar-refractivity contribution >= 4 is 38.1 Å². The van der Waals surface area contributed by atoms with E-state index in [0.29, 0.717) is 38.1 Å². The van der Waals surface area contributed by atoms with Crippen LogP contribution in [-0.4, -0.2) is 66.2 Å². The van der Waals surface area contributed by atoms with Crippen molar-refractivity contribution in [3.63, 3.8) is 0 Å². The number of rotatable bonds is 4. The first-order chi connectivity index (χ1) is 18.8. The third kappa shape index (κ3) is 2.32. The lowest BCUT2D eigenvalue weighted by Crippen LogP contribution is -2.61. The molecule has 1 saturated carbocycles. The lowest BCUT2D eigenvalue weighted by molar-refractivity contribution is -0.0800. The molecule has 0 heterocycles. The van der Waals surface area contributed by atoms with Gasteiger partial charge in [0.25, 0.3) is 0 Å². The van der Waals surface area contributed by atoms with Gasteiger partial charge >= 0.3 is 0 Å². The third-order valence-electron chi connectivity index (χ3n) is 9.78. The van der Waals surface area contributed by atoms with Gasteiger partial charge in [-0.1, -0.05) is 0 Å². The minimum Gasteiger partial charge on any atom is -0.509 e. The molecule has 2 bridgehead atoms. The molecule has 3 aliphatic rings. The first-order valence-corrected chi connectivity index (χ1v) is 12.8. The van der Waals surface area contributed by atoms with Crippen LogP contribution in [-0.2, 0) is 10.2 Å². The predicted molar refractivity (Wildman–Crippen MR) is 146 cm³/mol. The number of phenols is 1. The van der Waals surface area contributed by atoms with Crippen LogP contribution in [0.3, 0.4) is 0 Å². The Morgan fingerprint density at radius 2 is 1.52 bits per heavy atom. The molecule has 0 radical (unpaired) electrons. The van der Waals surface area contributed by atoms with E-state index < -0.39 is 51.0 Å². The van der Waals surface area contributed by atoms with Crippen LogP contribution in [0.1, 0.15) is 37.3 Å². The number of aliphatic hydroxyl groups excluding tert-OH is 1. The zero-order valence-corrected chi connectivity index (χ0v) is 22.8. The zero-order chi connectivity index (χ0) is 28.8. The summed E-state index contributed by atoms with van der Waals surface area (Å²) in [5.74, 6) is -1.80. The maximum absolute atomic E-state index is 13.8. The molecule has 1 fully saturated rings. The highest BCUT2D eigenvalue weighted by Crippen LogP contribution is 2.71. The summed E-state index contributed by atoms with van der Waals surface area (Å²) < 4.78 is 22.7. The molecule has 4 aromatic carbocycles. The number of phenolic OH excluding ortho intramolecular Hbond substituents is 1. The number of aromatic hydroxyl groups is 1. The van der Waals surface area contributed by atoms with Crippen LogP contribution in [0, 0.1) is 0 Å². The fraction of sp³-hybridized carbons (Fsp3) is 0.400. The SMILES string of the molecule is COc1c2c3c4c5c(c(=O)c(OC)cc5c5c(OC)cc(=O)c(c1O)c35)=C(O)[C@@H](OC)[C@]41C[C@@](C)(O)[C@H]2[C@]1(C)O. The molecule has 0 unspecified atom stereocenters. The molecule has 10 nitrogen and oxygen atoms in total. The van der Waals surface area contributed by atoms with Gasteiger partial charge in [0.1, 0.15) is 17.6 Å². The highest BCUT2D eigenvalue weighted by Gasteiger charge is 2.74. The summed E-state index contributed by atoms with van der Waals surface area (Å²) in [7, 11) is 5.44. The number of ether oxygens (including phenoxy) is 4. The molecule has 4 aromatic rings. The van der Waals surface area contributed by atoms with Gasteiger partial charge in [-0.2, -0.15) is 0 Å². The molecule has 7 rings (SSSR count). The van der Waals surface area contributed by atoms with Crippen molar-refractivity contribution in [3.05, 3.63) is 48.9 Å². The van der Waals surface area contributed by atoms with Crippen molar-refractivity contribution in [1.29, 1.82) is 0 Å². The van der Waals surface area contributed by atoms with Gasteiger partial charge in [-0.3, -0.25) is 9.59 Å². The van der Waals surface area contributed by atoms with Gasteiger partial charge in [0, 0.05) is 40.8 Å². The second-order valence-electron chi connectivity index (χ2n) is 11.5. The maximum Gasteiger partial charge on any atom is 0.231 e. The van der Waals surface area contributed by atoms with Gasteiger partial charge < -0.3 is 39.4 Å². The van der Waals surface area contributed by atoms with Crippen molar-refractivity contribution in [2.75, 3.05) is 28.4 Å². The quantitative estimate of drug-likeness (QED) is 0.219. The molecule has 0 aromatic heterocycles. The van der Waals surface area contributed by atoms with Crippen molar-refractivity contribution in [1.82, 2.24) is 0 Å². The molecule has 0 aliphatic heterocycles. The Balaban J connectivity index is 1.99. The highest BCUT2D eigenvalue weighted by atomic mass is 16.5. The smallest absolute Gasteiger partial charge is 0.231 e. The molecule has 5 atom stereocenters. The summed E-state index contributed by atoms with van der Waals surface area (Å²) in [5, 5.41) is 49.6. The van der Waals surface area contributed by atoms with Crippen LogP contribution in [0.15, 0.2) is 21.7 Å². The number of methoxy groups -OCH3 is 4. The van der Waals surface area contributed by atoms with Gasteiger partial charge in [-0.25, -0.2) is 0 Å². The number of hydrogen-bond donors (Lipinski definition) is 4. The number of benzene rings is 4. The Morgan fingerprint density at radius 1 is 0.850 bits per heavy atom. The number of aliphatic hydroxyl groups is 3. The highest BCUT2D eigenvalue weighted by molar-refractivity contribution is 6.29. The van der Waals surface area contributed by atoms with Crippen LogP contribution < -0.4 is 30.3 Å². The van der Waals surface area contributed by atoms with E-state index in [1.165, 1.54) is 40.6 Å². The molecule has 0 saturated heterocycles. The van der Waals surface area contributed by atoms with Gasteiger partial charge in [-0.05, 0) is 42.7 Å². The Labute approximate surface area is 226 Å². The average Bonchev–Trinajstić information content (AvgIpc) is 2.98. The van der Waals surface area contributed by atoms with Crippen LogP contribution in [0.25, 0.3) is 38.1 Å². The van der Waals surface area contributed by atoms with E-state index in [9.17, 15) is 30.0 Å². The largest absolute Gasteiger partial charge is 0.509 e. The molecule has 1 spiro atoms. The fourth-order valence-electron chi connectivity index (χ4n) is 8.65. The van der Waals surface area contributed by atoms with Crippen LogP contribution in [0.5, 0.6) is 23.0 Å². The average molecular weight is 549 g/mol. The van der Waals surface area contributed by atoms with Gasteiger partial charge in [0.05, 0.1) is 48.6 Å². The van der Waals surface area contributed by atoms with Gasteiger partial charge in [0.15, 0.2) is 22.7 Å². The Bertz CT molecular complexity index is 2010. The predicted octanol–water partition coefficient (Wildman–Crippen LogP) is 1.69. The first kappa shape index (κ1) is 25.1. The molecular formula is C30H28O10. The fourth-order valence-corrected chi connectivity index (χ4v) is 8.65. The molecule has 40 heavy (non-hydrogen) atoms. The normalized spacial score (nSPS) is 30.1. The molecule has 0 amide bonds. The van der Waals surface area contributed by atoms with E-state index >= 15 is 0 Å². The molecule has 208 valence electrons. The standard InChI is InChI=1S/C30H28O10/c1-28(35)9-30-21-15-10(7-13(38-4)22(32)19(15)24(34)27(30)40-6)14-12(37-3)8-11(31)16-17(14)18(21)20(25(39-5)23(16)33)26(28)29(30,2)36/h7-8,26-27,33-36H,9H2,1-6H3/t26-,27+,28+,29-,30-/m0/s1. The summed E-state index contributed by atoms with van der Waals surface area (Å²) in [6.07, 6.45) is -1.31. The van der Waals surface area contributed by atoms with Crippen LogP contribution in [0.2, 0.25) is 0 Å². The summed E-state index contributed by atoms with van der Waals surface area (Å²) in [6.45, 7) is 3.13. The van der Waals surface area contributed by atoms with E-state index in [1.54, 1.807) is 13.8 Å². The molecule has 4 N–H and O–H groups in total. The van der Waals surface area contributed by atoms with E-state index in [-0.39, 0.29) is 34.3 Å². The maximum atomic E-state index is 13.8. The summed E-state index contributed by atoms with van der Waals surface area (Å²) in [5.41, 5.74) is -5.22. The van der Waals surface area contributed by atoms with Crippen molar-refractivity contribution < 1.29 is 39.4 Å². The van der Waals surface area contributed by atoms with E-state index in [1.807, 2.05) is 0 Å². The zero-order valence-electron chi connectivity index (χ0n) is 22.8. The lowest BCUT2D eigenvalue weighted by Gasteiger charge is -2.52.